The molecule has 0 heterocycles. The van der Waals surface area contributed by atoms with Crippen LogP contribution in [0, 0.1) is 0 Å². The molecule has 2 N–H and O–H groups in total. The minimum atomic E-state index is -4.65. The van der Waals surface area contributed by atoms with Crippen molar-refractivity contribution in [1.82, 2.24) is 0 Å². The van der Waals surface area contributed by atoms with Crippen LogP contribution in [0.2, 0.25) is 0 Å². The maximum Gasteiger partial charge on any atom is 0.422 e. The SMILES string of the molecule is O=C(Nc1ccc(Br)cc1C(=O)O)OCC(F)(F)F. The van der Waals surface area contributed by atoms with Crippen molar-refractivity contribution < 1.29 is 32.6 Å². The van der Waals surface area contributed by atoms with Crippen LogP contribution >= 0.6 is 15.9 Å². The molecule has 0 unspecified atom stereocenters. The average Bonchev–Trinajstić information content (AvgIpc) is 2.28. The van der Waals surface area contributed by atoms with Crippen LogP contribution in [0.5, 0.6) is 0 Å². The molecule has 0 saturated heterocycles. The lowest BCUT2D eigenvalue weighted by atomic mass is 10.2. The molecular weight excluding hydrogens is 335 g/mol. The van der Waals surface area contributed by atoms with Gasteiger partial charge in [-0.05, 0) is 18.2 Å². The van der Waals surface area contributed by atoms with E-state index in [2.05, 4.69) is 20.7 Å². The van der Waals surface area contributed by atoms with Crippen molar-refractivity contribution in [3.63, 3.8) is 0 Å². The number of rotatable bonds is 3. The van der Waals surface area contributed by atoms with E-state index in [0.29, 0.717) is 4.47 Å². The van der Waals surface area contributed by atoms with E-state index in [9.17, 15) is 22.8 Å². The second kappa shape index (κ2) is 5.91. The fraction of sp³-hybridized carbons (Fsp3) is 0.200. The number of halogens is 4. The quantitative estimate of drug-likeness (QED) is 0.884. The van der Waals surface area contributed by atoms with E-state index in [1.807, 2.05) is 5.32 Å². The van der Waals surface area contributed by atoms with E-state index >= 15 is 0 Å². The third-order valence-electron chi connectivity index (χ3n) is 1.82. The molecule has 19 heavy (non-hydrogen) atoms. The molecule has 0 saturated carbocycles. The van der Waals surface area contributed by atoms with Crippen molar-refractivity contribution in [2.75, 3.05) is 11.9 Å². The summed E-state index contributed by atoms with van der Waals surface area (Å²) in [6.45, 7) is -1.75. The summed E-state index contributed by atoms with van der Waals surface area (Å²) in [7, 11) is 0. The number of hydrogen-bond acceptors (Lipinski definition) is 3. The molecule has 0 bridgehead atoms. The molecule has 0 aromatic heterocycles. The van der Waals surface area contributed by atoms with Crippen molar-refractivity contribution in [3.05, 3.63) is 28.2 Å². The largest absolute Gasteiger partial charge is 0.478 e. The Morgan fingerprint density at radius 1 is 1.37 bits per heavy atom. The van der Waals surface area contributed by atoms with Crippen LogP contribution in [0.15, 0.2) is 22.7 Å². The Morgan fingerprint density at radius 3 is 2.53 bits per heavy atom. The summed E-state index contributed by atoms with van der Waals surface area (Å²) < 4.78 is 39.8. The summed E-state index contributed by atoms with van der Waals surface area (Å²) in [5, 5.41) is 10.8. The van der Waals surface area contributed by atoms with Crippen molar-refractivity contribution in [1.29, 1.82) is 0 Å². The number of benzene rings is 1. The van der Waals surface area contributed by atoms with Gasteiger partial charge in [0, 0.05) is 4.47 Å². The van der Waals surface area contributed by atoms with Gasteiger partial charge < -0.3 is 9.84 Å². The highest BCUT2D eigenvalue weighted by atomic mass is 79.9. The van der Waals surface area contributed by atoms with Crippen molar-refractivity contribution >= 4 is 33.7 Å². The summed E-state index contributed by atoms with van der Waals surface area (Å²) in [5.41, 5.74) is -0.443. The predicted molar refractivity (Wildman–Crippen MR) is 62.1 cm³/mol. The van der Waals surface area contributed by atoms with E-state index < -0.39 is 24.8 Å². The van der Waals surface area contributed by atoms with Gasteiger partial charge in [0.15, 0.2) is 6.61 Å². The van der Waals surface area contributed by atoms with Gasteiger partial charge in [0.05, 0.1) is 11.3 Å². The van der Waals surface area contributed by atoms with Crippen molar-refractivity contribution in [2.45, 2.75) is 6.18 Å². The number of anilines is 1. The van der Waals surface area contributed by atoms with Crippen LogP contribution in [0.25, 0.3) is 0 Å². The van der Waals surface area contributed by atoms with Crippen LogP contribution in [-0.2, 0) is 4.74 Å². The van der Waals surface area contributed by atoms with Crippen LogP contribution in [0.3, 0.4) is 0 Å². The number of carbonyl (C=O) groups is 2. The Labute approximate surface area is 113 Å². The fourth-order valence-electron chi connectivity index (χ4n) is 1.10. The first-order valence-corrected chi connectivity index (χ1v) is 5.52. The number of carbonyl (C=O) groups excluding carboxylic acids is 1. The average molecular weight is 342 g/mol. The first-order valence-electron chi connectivity index (χ1n) is 4.72. The topological polar surface area (TPSA) is 75.6 Å². The van der Waals surface area contributed by atoms with Gasteiger partial charge in [0.1, 0.15) is 0 Å². The molecule has 0 atom stereocenters. The molecule has 5 nitrogen and oxygen atoms in total. The number of carboxylic acids is 1. The van der Waals surface area contributed by atoms with E-state index in [4.69, 9.17) is 5.11 Å². The van der Waals surface area contributed by atoms with E-state index in [1.54, 1.807) is 0 Å². The lowest BCUT2D eigenvalue weighted by Gasteiger charge is -2.11. The molecule has 1 rings (SSSR count). The molecule has 9 heteroatoms. The van der Waals surface area contributed by atoms with Gasteiger partial charge in [0.25, 0.3) is 0 Å². The number of aromatic carboxylic acids is 1. The van der Waals surface area contributed by atoms with E-state index in [-0.39, 0.29) is 11.3 Å². The first-order chi connectivity index (χ1) is 8.69. The monoisotopic (exact) mass is 341 g/mol. The molecule has 0 aliphatic rings. The normalized spacial score (nSPS) is 10.9. The number of alkyl halides is 3. The summed E-state index contributed by atoms with van der Waals surface area (Å²) in [5.74, 6) is -1.34. The highest BCUT2D eigenvalue weighted by Gasteiger charge is 2.29. The van der Waals surface area contributed by atoms with Crippen molar-refractivity contribution in [3.8, 4) is 0 Å². The molecule has 0 radical (unpaired) electrons. The molecule has 0 spiro atoms. The minimum absolute atomic E-state index is 0.164. The molecule has 0 aliphatic carbocycles. The molecule has 104 valence electrons. The van der Waals surface area contributed by atoms with Crippen LogP contribution in [-0.4, -0.2) is 30.0 Å². The second-order valence-electron chi connectivity index (χ2n) is 3.31. The Kier molecular flexibility index (Phi) is 4.76. The molecule has 1 aromatic carbocycles. The Bertz CT molecular complexity index is 504. The zero-order chi connectivity index (χ0) is 14.6. The van der Waals surface area contributed by atoms with Crippen LogP contribution in [0.4, 0.5) is 23.7 Å². The molecule has 1 amide bonds. The molecule has 1 aromatic rings. The first kappa shape index (κ1) is 15.3. The number of ether oxygens (including phenoxy) is 1. The summed E-state index contributed by atoms with van der Waals surface area (Å²) in [4.78, 5) is 22.0. The summed E-state index contributed by atoms with van der Waals surface area (Å²) >= 11 is 3.03. The minimum Gasteiger partial charge on any atom is -0.478 e. The predicted octanol–water partition coefficient (Wildman–Crippen LogP) is 3.26. The third-order valence-corrected chi connectivity index (χ3v) is 2.31. The van der Waals surface area contributed by atoms with Crippen molar-refractivity contribution in [2.24, 2.45) is 0 Å². The number of nitrogens with one attached hydrogen (secondary N) is 1. The van der Waals surface area contributed by atoms with E-state index in [1.165, 1.54) is 18.2 Å². The Morgan fingerprint density at radius 2 is 2.00 bits per heavy atom. The maximum atomic E-state index is 11.8. The van der Waals surface area contributed by atoms with Gasteiger partial charge in [-0.25, -0.2) is 9.59 Å². The van der Waals surface area contributed by atoms with Crippen LogP contribution < -0.4 is 5.32 Å². The lowest BCUT2D eigenvalue weighted by molar-refractivity contribution is -0.159. The van der Waals surface area contributed by atoms with Gasteiger partial charge in [-0.1, -0.05) is 15.9 Å². The van der Waals surface area contributed by atoms with E-state index in [0.717, 1.165) is 0 Å². The van der Waals surface area contributed by atoms with Gasteiger partial charge in [-0.3, -0.25) is 5.32 Å². The van der Waals surface area contributed by atoms with Gasteiger partial charge in [0.2, 0.25) is 0 Å². The number of carboxylic acid groups (broad SMARTS) is 1. The van der Waals surface area contributed by atoms with Gasteiger partial charge in [-0.15, -0.1) is 0 Å². The highest BCUT2D eigenvalue weighted by Crippen LogP contribution is 2.22. The smallest absolute Gasteiger partial charge is 0.422 e. The fourth-order valence-corrected chi connectivity index (χ4v) is 1.46. The summed E-state index contributed by atoms with van der Waals surface area (Å²) in [6, 6.07) is 3.84. The highest BCUT2D eigenvalue weighted by molar-refractivity contribution is 9.10. The second-order valence-corrected chi connectivity index (χ2v) is 4.23. The zero-order valence-electron chi connectivity index (χ0n) is 9.12. The number of amides is 1. The third kappa shape index (κ3) is 5.16. The zero-order valence-corrected chi connectivity index (χ0v) is 10.7. The van der Waals surface area contributed by atoms with Crippen LogP contribution in [0.1, 0.15) is 10.4 Å². The lowest BCUT2D eigenvalue weighted by Crippen LogP contribution is -2.24. The number of hydrogen-bond donors (Lipinski definition) is 2. The molecule has 0 fully saturated rings. The molecular formula is C10H7BrF3NO4. The van der Waals surface area contributed by atoms with Gasteiger partial charge >= 0.3 is 18.2 Å². The Hall–Kier alpha value is -1.77. The summed E-state index contributed by atoms with van der Waals surface area (Å²) in [6.07, 6.45) is -6.03. The molecule has 0 aliphatic heterocycles. The maximum absolute atomic E-state index is 11.8. The Balaban J connectivity index is 2.77. The van der Waals surface area contributed by atoms with Gasteiger partial charge in [-0.2, -0.15) is 13.2 Å². The standard InChI is InChI=1S/C10H7BrF3NO4/c11-5-1-2-7(6(3-5)8(16)17)15-9(18)19-4-10(12,13)14/h1-3H,4H2,(H,15,18)(H,16,17).